The molecule has 0 spiro atoms. The molecule has 0 aromatic carbocycles. The Labute approximate surface area is 126 Å². The van der Waals surface area contributed by atoms with Gasteiger partial charge in [-0.2, -0.15) is 0 Å². The Bertz CT molecular complexity index is 477. The summed E-state index contributed by atoms with van der Waals surface area (Å²) in [5, 5.41) is 2.80. The quantitative estimate of drug-likeness (QED) is 0.489. The molecule has 7 heteroatoms. The van der Waals surface area contributed by atoms with Crippen LogP contribution < -0.4 is 21.5 Å². The average Bonchev–Trinajstić information content (AvgIpc) is 2.47. The Balaban J connectivity index is 3.11. The van der Waals surface area contributed by atoms with Crippen LogP contribution in [0.2, 0.25) is 0 Å². The molecule has 1 aromatic heterocycles. The fourth-order valence-corrected chi connectivity index (χ4v) is 2.10. The van der Waals surface area contributed by atoms with E-state index in [9.17, 15) is 4.79 Å². The Kier molecular flexibility index (Phi) is 6.87. The summed E-state index contributed by atoms with van der Waals surface area (Å²) in [6, 6.07) is 0. The minimum Gasteiger partial charge on any atom is -0.355 e. The molecule has 1 aromatic rings. The third kappa shape index (κ3) is 4.56. The van der Waals surface area contributed by atoms with Gasteiger partial charge in [0.2, 0.25) is 5.91 Å². The van der Waals surface area contributed by atoms with Crippen LogP contribution in [0.4, 0.5) is 11.6 Å². The molecule has 7 nitrogen and oxygen atoms in total. The maximum absolute atomic E-state index is 11.8. The summed E-state index contributed by atoms with van der Waals surface area (Å²) < 4.78 is 0. The van der Waals surface area contributed by atoms with Crippen molar-refractivity contribution >= 4 is 17.5 Å². The van der Waals surface area contributed by atoms with Gasteiger partial charge in [0.25, 0.3) is 0 Å². The van der Waals surface area contributed by atoms with E-state index < -0.39 is 0 Å². The van der Waals surface area contributed by atoms with E-state index in [0.29, 0.717) is 18.9 Å². The highest BCUT2D eigenvalue weighted by Crippen LogP contribution is 2.23. The van der Waals surface area contributed by atoms with E-state index in [4.69, 9.17) is 5.84 Å². The number of nitrogens with one attached hydrogen (secondary N) is 2. The number of carbonyl (C=O) groups excluding carboxylic acids is 1. The lowest BCUT2D eigenvalue weighted by Gasteiger charge is -2.24. The van der Waals surface area contributed by atoms with Crippen molar-refractivity contribution in [3.63, 3.8) is 0 Å². The third-order valence-corrected chi connectivity index (χ3v) is 3.17. The van der Waals surface area contributed by atoms with E-state index in [2.05, 4.69) is 27.6 Å². The summed E-state index contributed by atoms with van der Waals surface area (Å²) in [6.07, 6.45) is 1.73. The first-order valence-corrected chi connectivity index (χ1v) is 7.43. The van der Waals surface area contributed by atoms with Crippen molar-refractivity contribution in [1.82, 2.24) is 15.3 Å². The van der Waals surface area contributed by atoms with E-state index in [0.717, 1.165) is 30.0 Å². The maximum Gasteiger partial charge on any atom is 0.239 e. The lowest BCUT2D eigenvalue weighted by molar-refractivity contribution is -0.119. The number of hydrogen-bond donors (Lipinski definition) is 3. The van der Waals surface area contributed by atoms with Crippen LogP contribution >= 0.6 is 0 Å². The molecule has 1 heterocycles. The van der Waals surface area contributed by atoms with Gasteiger partial charge in [0, 0.05) is 25.1 Å². The average molecular weight is 294 g/mol. The lowest BCUT2D eigenvalue weighted by atomic mass is 10.2. The van der Waals surface area contributed by atoms with Gasteiger partial charge in [0.1, 0.15) is 17.5 Å². The molecule has 0 fully saturated rings. The van der Waals surface area contributed by atoms with Gasteiger partial charge >= 0.3 is 0 Å². The topological polar surface area (TPSA) is 96.2 Å². The summed E-state index contributed by atoms with van der Waals surface area (Å²) in [5.41, 5.74) is 3.46. The highest BCUT2D eigenvalue weighted by molar-refractivity contribution is 5.81. The molecule has 1 amide bonds. The normalized spacial score (nSPS) is 10.3. The van der Waals surface area contributed by atoms with Crippen LogP contribution in [0.15, 0.2) is 0 Å². The number of aryl methyl sites for hydroxylation is 1. The number of hydrazine groups is 1. The van der Waals surface area contributed by atoms with E-state index in [1.807, 2.05) is 25.7 Å². The first-order chi connectivity index (χ1) is 10.1. The molecule has 0 atom stereocenters. The minimum atomic E-state index is -0.0170. The van der Waals surface area contributed by atoms with E-state index in [1.54, 1.807) is 0 Å². The number of amides is 1. The second kappa shape index (κ2) is 8.41. The van der Waals surface area contributed by atoms with Crippen LogP contribution in [-0.4, -0.2) is 35.5 Å². The number of aromatic nitrogens is 2. The molecule has 4 N–H and O–H groups in total. The zero-order valence-electron chi connectivity index (χ0n) is 13.4. The van der Waals surface area contributed by atoms with Crippen molar-refractivity contribution in [2.24, 2.45) is 5.84 Å². The van der Waals surface area contributed by atoms with Crippen molar-refractivity contribution in [2.45, 2.75) is 40.5 Å². The summed E-state index contributed by atoms with van der Waals surface area (Å²) in [7, 11) is 0. The molecule has 0 unspecified atom stereocenters. The smallest absolute Gasteiger partial charge is 0.239 e. The molecule has 1 rings (SSSR count). The van der Waals surface area contributed by atoms with Crippen molar-refractivity contribution < 1.29 is 4.79 Å². The predicted molar refractivity (Wildman–Crippen MR) is 85.1 cm³/mol. The number of carbonyl (C=O) groups is 1. The molecule has 0 saturated heterocycles. The van der Waals surface area contributed by atoms with Gasteiger partial charge in [0.15, 0.2) is 0 Å². The molecule has 0 radical (unpaired) electrons. The Hall–Kier alpha value is -1.89. The highest BCUT2D eigenvalue weighted by atomic mass is 16.2. The van der Waals surface area contributed by atoms with Gasteiger partial charge in [-0.1, -0.05) is 6.92 Å². The fourth-order valence-electron chi connectivity index (χ4n) is 2.10. The number of likely N-dealkylation sites (N-methyl/N-ethyl adjacent to an activating group) is 2. The number of nitrogens with two attached hydrogens (primary N) is 1. The number of anilines is 2. The van der Waals surface area contributed by atoms with Crippen LogP contribution in [0.3, 0.4) is 0 Å². The van der Waals surface area contributed by atoms with Gasteiger partial charge in [0.05, 0.1) is 6.54 Å². The van der Waals surface area contributed by atoms with Crippen LogP contribution in [0.25, 0.3) is 0 Å². The van der Waals surface area contributed by atoms with Gasteiger partial charge in [-0.25, -0.2) is 15.8 Å². The standard InChI is InChI=1S/C14H26N6O/c1-5-8-11-17-13(19-15)10(4)14(18-11)20(7-3)9-12(21)16-6-2/h5-9,15H2,1-4H3,(H,16,21)(H,17,18,19). The summed E-state index contributed by atoms with van der Waals surface area (Å²) in [6.45, 7) is 9.46. The Morgan fingerprint density at radius 2 is 2.00 bits per heavy atom. The molecular formula is C14H26N6O. The van der Waals surface area contributed by atoms with Crippen LogP contribution in [0, 0.1) is 6.92 Å². The second-order valence-electron chi connectivity index (χ2n) is 4.80. The summed E-state index contributed by atoms with van der Waals surface area (Å²) in [5.74, 6) is 7.63. The van der Waals surface area contributed by atoms with Crippen LogP contribution in [-0.2, 0) is 11.2 Å². The van der Waals surface area contributed by atoms with Crippen molar-refractivity contribution in [3.05, 3.63) is 11.4 Å². The maximum atomic E-state index is 11.8. The molecule has 21 heavy (non-hydrogen) atoms. The largest absolute Gasteiger partial charge is 0.355 e. The van der Waals surface area contributed by atoms with Gasteiger partial charge in [-0.3, -0.25) is 4.79 Å². The number of hydrogen-bond acceptors (Lipinski definition) is 6. The van der Waals surface area contributed by atoms with Gasteiger partial charge in [-0.05, 0) is 27.2 Å². The molecule has 0 aliphatic carbocycles. The number of nitrogens with zero attached hydrogens (tertiary/aromatic N) is 3. The SMILES string of the molecule is CCCc1nc(NN)c(C)c(N(CC)CC(=O)NCC)n1. The van der Waals surface area contributed by atoms with Crippen LogP contribution in [0.5, 0.6) is 0 Å². The monoisotopic (exact) mass is 294 g/mol. The fraction of sp³-hybridized carbons (Fsp3) is 0.643. The molecule has 0 bridgehead atoms. The van der Waals surface area contributed by atoms with Crippen molar-refractivity contribution in [2.75, 3.05) is 30.0 Å². The first-order valence-electron chi connectivity index (χ1n) is 7.43. The Morgan fingerprint density at radius 1 is 1.29 bits per heavy atom. The molecule has 0 saturated carbocycles. The van der Waals surface area contributed by atoms with Gasteiger partial charge in [-0.15, -0.1) is 0 Å². The Morgan fingerprint density at radius 3 is 2.52 bits per heavy atom. The summed E-state index contributed by atoms with van der Waals surface area (Å²) in [4.78, 5) is 22.8. The van der Waals surface area contributed by atoms with E-state index in [1.165, 1.54) is 0 Å². The lowest BCUT2D eigenvalue weighted by Crippen LogP contribution is -2.38. The molecule has 0 aliphatic heterocycles. The highest BCUT2D eigenvalue weighted by Gasteiger charge is 2.17. The predicted octanol–water partition coefficient (Wildman–Crippen LogP) is 0.986. The van der Waals surface area contributed by atoms with Gasteiger partial charge < -0.3 is 15.6 Å². The second-order valence-corrected chi connectivity index (χ2v) is 4.80. The number of nitrogen functional groups attached to an aromatic ring is 1. The van der Waals surface area contributed by atoms with Crippen molar-refractivity contribution in [1.29, 1.82) is 0 Å². The molecular weight excluding hydrogens is 268 g/mol. The number of rotatable bonds is 8. The van der Waals surface area contributed by atoms with E-state index >= 15 is 0 Å². The minimum absolute atomic E-state index is 0.0170. The zero-order chi connectivity index (χ0) is 15.8. The van der Waals surface area contributed by atoms with Crippen LogP contribution in [0.1, 0.15) is 38.6 Å². The third-order valence-electron chi connectivity index (χ3n) is 3.17. The zero-order valence-corrected chi connectivity index (χ0v) is 13.4. The summed E-state index contributed by atoms with van der Waals surface area (Å²) >= 11 is 0. The molecule has 118 valence electrons. The van der Waals surface area contributed by atoms with E-state index in [-0.39, 0.29) is 12.5 Å². The van der Waals surface area contributed by atoms with Crippen molar-refractivity contribution in [3.8, 4) is 0 Å². The first kappa shape index (κ1) is 17.2. The molecule has 0 aliphatic rings.